The molecule has 4 rings (SSSR count). The fourth-order valence-electron chi connectivity index (χ4n) is 4.26. The Morgan fingerprint density at radius 2 is 1.92 bits per heavy atom. The Bertz CT molecular complexity index is 1260. The molecule has 0 spiro atoms. The average molecular weight is 525 g/mol. The molecule has 1 fully saturated rings. The van der Waals surface area contributed by atoms with Crippen LogP contribution in [0.2, 0.25) is 10.6 Å². The highest BCUT2D eigenvalue weighted by molar-refractivity contribution is 6.35. The Balaban J connectivity index is 1.60. The van der Waals surface area contributed by atoms with E-state index in [1.807, 2.05) is 13.8 Å². The second-order valence-electron chi connectivity index (χ2n) is 8.96. The van der Waals surface area contributed by atoms with Gasteiger partial charge in [-0.15, -0.1) is 0 Å². The van der Waals surface area contributed by atoms with E-state index in [0.29, 0.717) is 53.6 Å². The third-order valence-electron chi connectivity index (χ3n) is 6.46. The number of ether oxygens (including phenoxy) is 1. The minimum Gasteiger partial charge on any atom is -0.449 e. The minimum atomic E-state index is -0.528. The Labute approximate surface area is 218 Å². The van der Waals surface area contributed by atoms with E-state index in [2.05, 4.69) is 10.2 Å². The van der Waals surface area contributed by atoms with Crippen molar-refractivity contribution in [1.82, 2.24) is 14.8 Å². The zero-order chi connectivity index (χ0) is 25.8. The van der Waals surface area contributed by atoms with Gasteiger partial charge in [0, 0.05) is 52.4 Å². The van der Waals surface area contributed by atoms with Crippen molar-refractivity contribution in [2.24, 2.45) is 0 Å². The van der Waals surface area contributed by atoms with E-state index in [-0.39, 0.29) is 23.6 Å². The number of rotatable bonds is 5. The van der Waals surface area contributed by atoms with Gasteiger partial charge in [-0.25, -0.2) is 14.2 Å². The first-order chi connectivity index (χ1) is 17.3. The van der Waals surface area contributed by atoms with Crippen molar-refractivity contribution in [1.29, 1.82) is 0 Å². The normalized spacial score (nSPS) is 18.2. The highest BCUT2D eigenvalue weighted by Crippen LogP contribution is 2.30. The van der Waals surface area contributed by atoms with E-state index in [1.165, 1.54) is 0 Å². The summed E-state index contributed by atoms with van der Waals surface area (Å²) >= 11 is 6.55. The molecule has 1 aliphatic heterocycles. The first-order valence-electron chi connectivity index (χ1n) is 12.0. The molecule has 0 aliphatic carbocycles. The maximum Gasteiger partial charge on any atom is 0.409 e. The molecule has 2 aromatic carbocycles. The highest BCUT2D eigenvalue weighted by atomic mass is 35.5. The quantitative estimate of drug-likeness (QED) is 0.403. The van der Waals surface area contributed by atoms with E-state index >= 15 is 0 Å². The van der Waals surface area contributed by atoms with Crippen LogP contribution < -0.4 is 0 Å². The Morgan fingerprint density at radius 1 is 1.17 bits per heavy atom. The van der Waals surface area contributed by atoms with Gasteiger partial charge in [-0.05, 0) is 42.6 Å². The highest BCUT2D eigenvalue weighted by Gasteiger charge is 2.32. The number of carbonyl (C=O) groups excluding carboxylic acids is 2. The Kier molecular flexibility index (Phi) is 8.26. The zero-order valence-electron chi connectivity index (χ0n) is 20.3. The smallest absolute Gasteiger partial charge is 0.409 e. The number of halogens is 2. The number of amides is 2. The largest absolute Gasteiger partial charge is 0.449 e. The molecule has 2 amide bonds. The first-order valence-corrected chi connectivity index (χ1v) is 13.0. The molecular formula is C27H28ClFN3O3Si. The molecule has 6 nitrogen and oxygen atoms in total. The van der Waals surface area contributed by atoms with E-state index in [9.17, 15) is 14.0 Å². The molecule has 1 saturated heterocycles. The molecule has 1 aliphatic rings. The summed E-state index contributed by atoms with van der Waals surface area (Å²) in [5.41, 5.74) is 3.02. The molecular weight excluding hydrogens is 497 g/mol. The number of carbonyl (C=O) groups is 2. The summed E-state index contributed by atoms with van der Waals surface area (Å²) in [6.07, 6.45) is 0.390. The molecule has 2 atom stereocenters. The zero-order valence-corrected chi connectivity index (χ0v) is 22.1. The molecule has 187 valence electrons. The number of hydrogen-bond donors (Lipinski definition) is 0. The number of nitrogens with zero attached hydrogens (tertiary/aromatic N) is 3. The maximum absolute atomic E-state index is 13.6. The summed E-state index contributed by atoms with van der Waals surface area (Å²) in [5.74, 6) is -0.146. The Hall–Kier alpha value is -2.97. The molecule has 2 unspecified atom stereocenters. The number of hydrogen-bond acceptors (Lipinski definition) is 4. The van der Waals surface area contributed by atoms with Gasteiger partial charge in [-0.1, -0.05) is 48.9 Å². The monoisotopic (exact) mass is 524 g/mol. The van der Waals surface area contributed by atoms with Gasteiger partial charge >= 0.3 is 6.09 Å². The molecule has 0 N–H and O–H groups in total. The van der Waals surface area contributed by atoms with E-state index in [0.717, 1.165) is 17.4 Å². The van der Waals surface area contributed by atoms with Gasteiger partial charge < -0.3 is 14.5 Å². The van der Waals surface area contributed by atoms with Crippen LogP contribution in [-0.2, 0) is 11.4 Å². The third-order valence-corrected chi connectivity index (χ3v) is 7.44. The summed E-state index contributed by atoms with van der Waals surface area (Å²) < 4.78 is 18.2. The molecule has 2 heterocycles. The van der Waals surface area contributed by atoms with Gasteiger partial charge in [0.05, 0.1) is 22.8 Å². The summed E-state index contributed by atoms with van der Waals surface area (Å²) in [5, 5.41) is 1.26. The van der Waals surface area contributed by atoms with Gasteiger partial charge in [0.1, 0.15) is 6.67 Å². The Morgan fingerprint density at radius 3 is 2.61 bits per heavy atom. The van der Waals surface area contributed by atoms with Gasteiger partial charge in [-0.2, -0.15) is 0 Å². The van der Waals surface area contributed by atoms with E-state index in [4.69, 9.17) is 21.3 Å². The van der Waals surface area contributed by atoms with Crippen molar-refractivity contribution in [3.8, 4) is 11.3 Å². The van der Waals surface area contributed by atoms with Gasteiger partial charge in [0.2, 0.25) is 0 Å². The number of pyridine rings is 1. The van der Waals surface area contributed by atoms with Gasteiger partial charge in [0.15, 0.2) is 0 Å². The van der Waals surface area contributed by atoms with Crippen LogP contribution in [0.25, 0.3) is 22.2 Å². The lowest BCUT2D eigenvalue weighted by atomic mass is 10.1. The standard InChI is InChI=1S/C27H28ClFN3O3Si/c1-3-12-35-27(34)31-10-11-32(17(2)25(36)16-31)26(33)20-8-9-21-22(28)14-23(30-24(21)13-20)19-6-4-18(15-29)5-7-19/h4-9,13-14,17,25H,3,10-12,15-16H2,1-2H3. The average Bonchev–Trinajstić information content (AvgIpc) is 3.04. The van der Waals surface area contributed by atoms with Crippen molar-refractivity contribution in [2.45, 2.75) is 38.5 Å². The van der Waals surface area contributed by atoms with Crippen molar-refractivity contribution >= 4 is 44.7 Å². The molecule has 36 heavy (non-hydrogen) atoms. The van der Waals surface area contributed by atoms with Gasteiger partial charge in [-0.3, -0.25) is 4.79 Å². The van der Waals surface area contributed by atoms with Crippen LogP contribution in [0.5, 0.6) is 0 Å². The molecule has 0 saturated carbocycles. The molecule has 3 aromatic rings. The van der Waals surface area contributed by atoms with Crippen LogP contribution in [0.3, 0.4) is 0 Å². The number of fused-ring (bicyclic) bond motifs is 1. The topological polar surface area (TPSA) is 62.7 Å². The van der Waals surface area contributed by atoms with Crippen LogP contribution in [0.1, 0.15) is 36.2 Å². The fraction of sp³-hybridized carbons (Fsp3) is 0.370. The molecule has 1 aromatic heterocycles. The van der Waals surface area contributed by atoms with Crippen LogP contribution >= 0.6 is 11.6 Å². The number of alkyl halides is 1. The van der Waals surface area contributed by atoms with Crippen molar-refractivity contribution < 1.29 is 18.7 Å². The van der Waals surface area contributed by atoms with Crippen molar-refractivity contribution in [3.63, 3.8) is 0 Å². The van der Waals surface area contributed by atoms with E-state index < -0.39 is 6.67 Å². The molecule has 9 heteroatoms. The van der Waals surface area contributed by atoms with Crippen LogP contribution in [0.15, 0.2) is 48.5 Å². The van der Waals surface area contributed by atoms with Crippen LogP contribution in [0.4, 0.5) is 9.18 Å². The number of aromatic nitrogens is 1. The van der Waals surface area contributed by atoms with Crippen LogP contribution in [0, 0.1) is 0 Å². The fourth-order valence-corrected chi connectivity index (χ4v) is 4.92. The lowest BCUT2D eigenvalue weighted by Gasteiger charge is -2.30. The van der Waals surface area contributed by atoms with Crippen molar-refractivity contribution in [2.75, 3.05) is 26.2 Å². The lowest BCUT2D eigenvalue weighted by molar-refractivity contribution is 0.0695. The predicted molar refractivity (Wildman–Crippen MR) is 140 cm³/mol. The summed E-state index contributed by atoms with van der Waals surface area (Å²) in [4.78, 5) is 34.1. The third kappa shape index (κ3) is 5.55. The maximum atomic E-state index is 13.6. The predicted octanol–water partition coefficient (Wildman–Crippen LogP) is 5.67. The van der Waals surface area contributed by atoms with Gasteiger partial charge in [0.25, 0.3) is 5.91 Å². The lowest BCUT2D eigenvalue weighted by Crippen LogP contribution is -2.41. The van der Waals surface area contributed by atoms with E-state index in [1.54, 1.807) is 58.3 Å². The summed E-state index contributed by atoms with van der Waals surface area (Å²) in [6.45, 7) is 4.97. The first kappa shape index (κ1) is 26.1. The summed E-state index contributed by atoms with van der Waals surface area (Å²) in [6, 6.07) is 14.0. The van der Waals surface area contributed by atoms with Crippen LogP contribution in [-0.4, -0.2) is 69.3 Å². The number of benzene rings is 2. The molecule has 3 radical (unpaired) electrons. The minimum absolute atomic E-state index is 0.113. The second-order valence-corrected chi connectivity index (χ2v) is 10.1. The SMILES string of the molecule is CCCOC(=O)N1CCN(C(=O)c2ccc3c(Cl)cc(-c4ccc(CF)cc4)nc3c2)C(C)C([Si])C1. The molecule has 0 bridgehead atoms. The van der Waals surface area contributed by atoms with Crippen molar-refractivity contribution in [3.05, 3.63) is 64.7 Å². The second kappa shape index (κ2) is 11.4. The summed E-state index contributed by atoms with van der Waals surface area (Å²) in [7, 11) is 3.72.